The van der Waals surface area contributed by atoms with Crippen LogP contribution in [0.5, 0.6) is 0 Å². The summed E-state index contributed by atoms with van der Waals surface area (Å²) in [5.41, 5.74) is 1.58. The van der Waals surface area contributed by atoms with E-state index in [1.54, 1.807) is 73.2 Å². The van der Waals surface area contributed by atoms with Gasteiger partial charge in [-0.3, -0.25) is 43.2 Å². The third-order valence-electron chi connectivity index (χ3n) is 11.9. The Bertz CT molecular complexity index is 3560. The van der Waals surface area contributed by atoms with Gasteiger partial charge in [-0.15, -0.1) is 0 Å². The molecule has 31 heteroatoms. The number of carbonyl (C=O) groups excluding carboxylic acids is 10. The Morgan fingerprint density at radius 2 is 0.790 bits per heavy atom. The van der Waals surface area contributed by atoms with Gasteiger partial charge in [0.05, 0.1) is 23.7 Å². The van der Waals surface area contributed by atoms with E-state index in [1.807, 2.05) is 0 Å². The van der Waals surface area contributed by atoms with E-state index in [1.165, 1.54) is 82.8 Å². The average molecular weight is 1120 g/mol. The molecule has 0 atom stereocenters. The van der Waals surface area contributed by atoms with E-state index in [0.29, 0.717) is 5.69 Å². The van der Waals surface area contributed by atoms with Crippen molar-refractivity contribution in [3.8, 4) is 0 Å². The van der Waals surface area contributed by atoms with Crippen molar-refractivity contribution in [2.75, 3.05) is 58.1 Å². The third-order valence-corrected chi connectivity index (χ3v) is 11.9. The van der Waals surface area contributed by atoms with Gasteiger partial charge in [0.2, 0.25) is 35.2 Å². The molecule has 81 heavy (non-hydrogen) atoms. The van der Waals surface area contributed by atoms with Crippen LogP contribution in [0.4, 0.5) is 34.5 Å². The van der Waals surface area contributed by atoms with Crippen LogP contribution < -0.4 is 47.9 Å². The van der Waals surface area contributed by atoms with Crippen LogP contribution in [-0.4, -0.2) is 137 Å². The molecular formula is C50H60N20O11. The number of nitrogens with zero attached hydrogens (tertiary/aromatic N) is 11. The van der Waals surface area contributed by atoms with Crippen LogP contribution in [0.15, 0.2) is 67.8 Å². The molecule has 7 aromatic rings. The zero-order chi connectivity index (χ0) is 58.7. The molecule has 9 amide bonds. The Balaban J connectivity index is 0.790. The molecule has 31 nitrogen and oxygen atoms in total. The molecular weight excluding hydrogens is 1060 g/mol. The second-order valence-corrected chi connectivity index (χ2v) is 18.3. The van der Waals surface area contributed by atoms with Crippen LogP contribution in [0.1, 0.15) is 107 Å². The molecule has 9 N–H and O–H groups in total. The van der Waals surface area contributed by atoms with E-state index >= 15 is 0 Å². The first-order valence-electron chi connectivity index (χ1n) is 25.0. The Labute approximate surface area is 461 Å². The van der Waals surface area contributed by atoms with Gasteiger partial charge in [-0.25, -0.2) is 24.7 Å². The lowest BCUT2D eigenvalue weighted by Gasteiger charge is -2.06. The molecule has 0 aromatic carbocycles. The van der Waals surface area contributed by atoms with Crippen molar-refractivity contribution in [3.63, 3.8) is 0 Å². The number of rotatable bonds is 24. The summed E-state index contributed by atoms with van der Waals surface area (Å²) in [6, 6.07) is 4.40. The van der Waals surface area contributed by atoms with Gasteiger partial charge in [-0.2, -0.15) is 0 Å². The topological polar surface area (TPSA) is 374 Å². The summed E-state index contributed by atoms with van der Waals surface area (Å²) in [6.45, 7) is 1.89. The van der Waals surface area contributed by atoms with Crippen molar-refractivity contribution in [1.82, 2.24) is 67.9 Å². The zero-order valence-corrected chi connectivity index (χ0v) is 45.4. The first-order chi connectivity index (χ1) is 38.6. The Morgan fingerprint density at radius 3 is 1.19 bits per heavy atom. The number of aromatic nitrogens is 11. The molecule has 7 heterocycles. The summed E-state index contributed by atoms with van der Waals surface area (Å²) < 4.78 is 15.3. The lowest BCUT2D eigenvalue weighted by Crippen LogP contribution is -2.29. The molecule has 0 saturated carbocycles. The van der Waals surface area contributed by atoms with Gasteiger partial charge < -0.3 is 84.6 Å². The van der Waals surface area contributed by atoms with E-state index in [-0.39, 0.29) is 121 Å². The van der Waals surface area contributed by atoms with Crippen molar-refractivity contribution in [3.05, 3.63) is 108 Å². The van der Waals surface area contributed by atoms with E-state index in [4.69, 9.17) is 4.74 Å². The number of carbonyl (C=O) groups is 10. The van der Waals surface area contributed by atoms with Gasteiger partial charge in [-0.1, -0.05) is 0 Å². The first-order valence-corrected chi connectivity index (χ1v) is 25.0. The van der Waals surface area contributed by atoms with Crippen LogP contribution in [0.3, 0.4) is 0 Å². The summed E-state index contributed by atoms with van der Waals surface area (Å²) in [4.78, 5) is 145. The summed E-state index contributed by atoms with van der Waals surface area (Å²) in [6.07, 6.45) is 12.1. The van der Waals surface area contributed by atoms with E-state index in [2.05, 4.69) is 67.8 Å². The smallest absolute Gasteiger partial charge is 0.374 e. The highest BCUT2D eigenvalue weighted by molar-refractivity contribution is 6.06. The van der Waals surface area contributed by atoms with Gasteiger partial charge in [0, 0.05) is 138 Å². The first kappa shape index (κ1) is 58.1. The number of esters is 1. The standard InChI is InChI=1S/C50H60N20O11/c1-9-81-50(80)43-63-36(27-70(43)8)60-39(73)13-16-54-46(76)33-21-30(24-67(33)5)57-48(78)41-61-34(25-68(41)6)58-37(71)11-10-14-52-44(74)31-20-29(23-65(31)3)56-49(79)42-62-35(26-69(42)7)59-38(72)12-15-53-45(75)32-19-28(22-66(32)4)55-47(77)40-51-17-18-64(40)2/h17-27H,9-16H2,1-8H3,(H,52,74)(H,53,75)(H,54,76)(H,55,77)(H,56,79)(H,57,78)(H,58,71)(H,59,72)(H,60,73). The largest absolute Gasteiger partial charge is 0.460 e. The van der Waals surface area contributed by atoms with Crippen molar-refractivity contribution >= 4 is 93.6 Å². The molecule has 0 spiro atoms. The summed E-state index contributed by atoms with van der Waals surface area (Å²) in [7, 11) is 11.2. The van der Waals surface area contributed by atoms with Gasteiger partial charge in [0.15, 0.2) is 23.3 Å². The molecule has 0 aliphatic heterocycles. The molecule has 0 saturated heterocycles. The SMILES string of the molecule is CCOC(=O)c1nc(NC(=O)CCNC(=O)c2cc(NC(=O)c3nc(NC(=O)CCCNC(=O)c4cc(NC(=O)c5nc(NC(=O)CCNC(=O)c6cc(NC(=O)c7nccn7C)cn6C)cn5C)cn4C)cn3C)cn2C)cn1C. The van der Waals surface area contributed by atoms with Crippen LogP contribution in [-0.2, 0) is 68.5 Å². The Kier molecular flexibility index (Phi) is 18.4. The highest BCUT2D eigenvalue weighted by Gasteiger charge is 2.23. The molecule has 0 aliphatic carbocycles. The number of hydrogen-bond acceptors (Lipinski definition) is 15. The summed E-state index contributed by atoms with van der Waals surface area (Å²) >= 11 is 0. The monoisotopic (exact) mass is 1120 g/mol. The number of aryl methyl sites for hydroxylation is 7. The highest BCUT2D eigenvalue weighted by atomic mass is 16.5. The maximum Gasteiger partial charge on any atom is 0.374 e. The molecule has 0 radical (unpaired) electrons. The number of nitrogens with one attached hydrogen (secondary N) is 9. The minimum Gasteiger partial charge on any atom is -0.460 e. The number of amides is 9. The molecule has 0 bridgehead atoms. The van der Waals surface area contributed by atoms with Crippen molar-refractivity contribution in [2.24, 2.45) is 49.3 Å². The van der Waals surface area contributed by atoms with E-state index < -0.39 is 59.1 Å². The molecule has 0 unspecified atom stereocenters. The summed E-state index contributed by atoms with van der Waals surface area (Å²) in [5, 5.41) is 24.0. The van der Waals surface area contributed by atoms with Crippen LogP contribution in [0.2, 0.25) is 0 Å². The maximum absolute atomic E-state index is 13.3. The fourth-order valence-corrected chi connectivity index (χ4v) is 8.03. The quantitative estimate of drug-likeness (QED) is 0.0304. The molecule has 7 rings (SSSR count). The second kappa shape index (κ2) is 25.7. The van der Waals surface area contributed by atoms with Gasteiger partial charge in [0.1, 0.15) is 17.1 Å². The number of imidazole rings is 4. The van der Waals surface area contributed by atoms with Crippen LogP contribution >= 0.6 is 0 Å². The van der Waals surface area contributed by atoms with Crippen molar-refractivity contribution < 1.29 is 52.7 Å². The number of anilines is 6. The second-order valence-electron chi connectivity index (χ2n) is 18.3. The fourth-order valence-electron chi connectivity index (χ4n) is 8.03. The molecule has 0 aliphatic rings. The number of ether oxygens (including phenoxy) is 1. The summed E-state index contributed by atoms with van der Waals surface area (Å²) in [5.74, 6) is -4.70. The predicted octanol–water partition coefficient (Wildman–Crippen LogP) is 1.24. The average Bonchev–Trinajstić information content (AvgIpc) is 4.32. The van der Waals surface area contributed by atoms with Gasteiger partial charge in [0.25, 0.3) is 35.4 Å². The fraction of sp³-hybridized carbons (Fsp3) is 0.320. The lowest BCUT2D eigenvalue weighted by molar-refractivity contribution is -0.117. The molecule has 0 fully saturated rings. The highest BCUT2D eigenvalue weighted by Crippen LogP contribution is 2.19. The lowest BCUT2D eigenvalue weighted by atomic mass is 10.3. The Hall–Kier alpha value is -10.6. The third kappa shape index (κ3) is 14.9. The van der Waals surface area contributed by atoms with Gasteiger partial charge in [-0.05, 0) is 31.5 Å². The number of hydrogen-bond donors (Lipinski definition) is 9. The van der Waals surface area contributed by atoms with Crippen molar-refractivity contribution in [2.45, 2.75) is 32.6 Å². The zero-order valence-electron chi connectivity index (χ0n) is 45.4. The van der Waals surface area contributed by atoms with Gasteiger partial charge >= 0.3 is 5.97 Å². The van der Waals surface area contributed by atoms with Crippen LogP contribution in [0.25, 0.3) is 0 Å². The Morgan fingerprint density at radius 1 is 0.420 bits per heavy atom. The minimum atomic E-state index is -0.633. The molecule has 7 aromatic heterocycles. The minimum absolute atomic E-state index is 0.0102. The van der Waals surface area contributed by atoms with Crippen LogP contribution in [0, 0.1) is 0 Å². The van der Waals surface area contributed by atoms with E-state index in [0.717, 1.165) is 0 Å². The molecule has 426 valence electrons. The van der Waals surface area contributed by atoms with Crippen molar-refractivity contribution in [1.29, 1.82) is 0 Å². The maximum atomic E-state index is 13.3. The van der Waals surface area contributed by atoms with E-state index in [9.17, 15) is 47.9 Å². The normalized spacial score (nSPS) is 10.9. The predicted molar refractivity (Wildman–Crippen MR) is 290 cm³/mol.